The molecule has 1 aliphatic carbocycles. The SMILES string of the molecule is Cc1nc(N2CCC3(CCC[C@H]3N)CC2)c(CO)nc1-c1cccc(F)c1Cl. The number of piperidine rings is 1. The second kappa shape index (κ2) is 7.58. The number of nitrogens with two attached hydrogens (primary N) is 1. The number of halogens is 2. The molecule has 4 rings (SSSR count). The Morgan fingerprint density at radius 1 is 1.29 bits per heavy atom. The van der Waals surface area contributed by atoms with E-state index >= 15 is 0 Å². The second-order valence-corrected chi connectivity index (χ2v) is 8.41. The molecule has 1 saturated carbocycles. The van der Waals surface area contributed by atoms with Crippen LogP contribution in [0.5, 0.6) is 0 Å². The Kier molecular flexibility index (Phi) is 5.29. The third-order valence-corrected chi connectivity index (χ3v) is 6.90. The summed E-state index contributed by atoms with van der Waals surface area (Å²) in [5.74, 6) is 0.210. The molecule has 1 aromatic carbocycles. The standard InChI is InChI=1S/C21H26ClFN4O/c1-13-19(14-4-2-5-15(23)18(14)22)26-16(12-28)20(25-13)27-10-8-21(9-11-27)7-3-6-17(21)24/h2,4-5,17,28H,3,6-12,24H2,1H3/t17-/m1/s1. The highest BCUT2D eigenvalue weighted by Gasteiger charge is 2.43. The quantitative estimate of drug-likeness (QED) is 0.813. The van der Waals surface area contributed by atoms with E-state index in [2.05, 4.69) is 9.88 Å². The van der Waals surface area contributed by atoms with E-state index in [0.29, 0.717) is 28.5 Å². The fourth-order valence-corrected chi connectivity index (χ4v) is 5.01. The molecule has 2 heterocycles. The number of hydrogen-bond donors (Lipinski definition) is 2. The summed E-state index contributed by atoms with van der Waals surface area (Å²) in [6, 6.07) is 4.92. The first-order valence-corrected chi connectivity index (χ1v) is 10.3. The number of nitrogens with zero attached hydrogens (tertiary/aromatic N) is 3. The maximum Gasteiger partial charge on any atom is 0.153 e. The van der Waals surface area contributed by atoms with Gasteiger partial charge in [0.05, 0.1) is 23.0 Å². The van der Waals surface area contributed by atoms with E-state index in [4.69, 9.17) is 22.3 Å². The molecule has 1 saturated heterocycles. The molecule has 0 bridgehead atoms. The van der Waals surface area contributed by atoms with Gasteiger partial charge in [0, 0.05) is 24.7 Å². The molecule has 0 unspecified atom stereocenters. The number of anilines is 1. The molecule has 1 spiro atoms. The van der Waals surface area contributed by atoms with E-state index in [1.807, 2.05) is 6.92 Å². The summed E-state index contributed by atoms with van der Waals surface area (Å²) in [7, 11) is 0. The van der Waals surface area contributed by atoms with E-state index in [-0.39, 0.29) is 23.1 Å². The topological polar surface area (TPSA) is 75.3 Å². The number of aryl methyl sites for hydroxylation is 1. The van der Waals surface area contributed by atoms with Crippen LogP contribution in [0, 0.1) is 18.2 Å². The fourth-order valence-electron chi connectivity index (χ4n) is 4.79. The zero-order chi connectivity index (χ0) is 19.9. The molecular weight excluding hydrogens is 379 g/mol. The van der Waals surface area contributed by atoms with Crippen LogP contribution in [0.2, 0.25) is 5.02 Å². The molecular formula is C21H26ClFN4O. The van der Waals surface area contributed by atoms with Crippen LogP contribution in [0.25, 0.3) is 11.3 Å². The molecule has 2 aliphatic rings. The zero-order valence-corrected chi connectivity index (χ0v) is 16.8. The lowest BCUT2D eigenvalue weighted by Gasteiger charge is -2.42. The monoisotopic (exact) mass is 404 g/mol. The predicted molar refractivity (Wildman–Crippen MR) is 109 cm³/mol. The molecule has 3 N–H and O–H groups in total. The van der Waals surface area contributed by atoms with Gasteiger partial charge in [0.25, 0.3) is 0 Å². The molecule has 2 aromatic rings. The van der Waals surface area contributed by atoms with Gasteiger partial charge in [0.1, 0.15) is 11.5 Å². The van der Waals surface area contributed by atoms with Crippen molar-refractivity contribution in [2.45, 2.75) is 51.7 Å². The van der Waals surface area contributed by atoms with Crippen LogP contribution in [0.1, 0.15) is 43.5 Å². The normalized spacial score (nSPS) is 21.5. The average Bonchev–Trinajstić information content (AvgIpc) is 3.04. The number of aliphatic hydroxyl groups is 1. The van der Waals surface area contributed by atoms with Crippen molar-refractivity contribution in [2.75, 3.05) is 18.0 Å². The maximum absolute atomic E-state index is 13.9. The highest BCUT2D eigenvalue weighted by atomic mass is 35.5. The minimum absolute atomic E-state index is 0.0201. The Hall–Kier alpha value is -1.76. The number of aliphatic hydroxyl groups excluding tert-OH is 1. The summed E-state index contributed by atoms with van der Waals surface area (Å²) in [5, 5.41) is 9.95. The smallest absolute Gasteiger partial charge is 0.153 e. The number of rotatable bonds is 3. The van der Waals surface area contributed by atoms with Crippen molar-refractivity contribution in [3.63, 3.8) is 0 Å². The van der Waals surface area contributed by atoms with Crippen LogP contribution in [0.15, 0.2) is 18.2 Å². The van der Waals surface area contributed by atoms with Crippen LogP contribution in [0.3, 0.4) is 0 Å². The largest absolute Gasteiger partial charge is 0.390 e. The third kappa shape index (κ3) is 3.27. The summed E-state index contributed by atoms with van der Waals surface area (Å²) in [4.78, 5) is 11.5. The summed E-state index contributed by atoms with van der Waals surface area (Å²) in [5.41, 5.74) is 8.80. The van der Waals surface area contributed by atoms with Gasteiger partial charge in [-0.25, -0.2) is 14.4 Å². The van der Waals surface area contributed by atoms with E-state index in [1.54, 1.807) is 12.1 Å². The number of aromatic nitrogens is 2. The van der Waals surface area contributed by atoms with Gasteiger partial charge in [-0.3, -0.25) is 0 Å². The van der Waals surface area contributed by atoms with Crippen molar-refractivity contribution in [3.8, 4) is 11.3 Å². The van der Waals surface area contributed by atoms with E-state index in [1.165, 1.54) is 18.9 Å². The average molecular weight is 405 g/mol. The Bertz CT molecular complexity index is 883. The van der Waals surface area contributed by atoms with E-state index in [0.717, 1.165) is 32.4 Å². The highest BCUT2D eigenvalue weighted by Crippen LogP contribution is 2.46. The van der Waals surface area contributed by atoms with Crippen molar-refractivity contribution in [3.05, 3.63) is 40.4 Å². The van der Waals surface area contributed by atoms with Gasteiger partial charge in [0.2, 0.25) is 0 Å². The molecule has 28 heavy (non-hydrogen) atoms. The van der Waals surface area contributed by atoms with Crippen LogP contribution < -0.4 is 10.6 Å². The summed E-state index contributed by atoms with van der Waals surface area (Å²) >= 11 is 6.14. The molecule has 7 heteroatoms. The van der Waals surface area contributed by atoms with Crippen LogP contribution in [-0.4, -0.2) is 34.2 Å². The molecule has 1 aliphatic heterocycles. The lowest BCUT2D eigenvalue weighted by Crippen LogP contribution is -2.47. The van der Waals surface area contributed by atoms with Crippen molar-refractivity contribution in [1.29, 1.82) is 0 Å². The van der Waals surface area contributed by atoms with Crippen LogP contribution in [0.4, 0.5) is 10.2 Å². The van der Waals surface area contributed by atoms with Crippen molar-refractivity contribution in [1.82, 2.24) is 9.97 Å². The Labute approximate surface area is 169 Å². The summed E-state index contributed by atoms with van der Waals surface area (Å²) in [6.45, 7) is 3.32. The molecule has 0 amide bonds. The van der Waals surface area contributed by atoms with Gasteiger partial charge in [-0.1, -0.05) is 30.2 Å². The van der Waals surface area contributed by atoms with Crippen molar-refractivity contribution < 1.29 is 9.50 Å². The lowest BCUT2D eigenvalue weighted by molar-refractivity contribution is 0.196. The first-order valence-electron chi connectivity index (χ1n) is 9.88. The van der Waals surface area contributed by atoms with Gasteiger partial charge in [-0.05, 0) is 44.1 Å². The van der Waals surface area contributed by atoms with Gasteiger partial charge in [-0.2, -0.15) is 0 Å². The molecule has 2 fully saturated rings. The van der Waals surface area contributed by atoms with E-state index in [9.17, 15) is 9.50 Å². The van der Waals surface area contributed by atoms with Crippen molar-refractivity contribution >= 4 is 17.4 Å². The van der Waals surface area contributed by atoms with Crippen LogP contribution in [-0.2, 0) is 6.61 Å². The Balaban J connectivity index is 1.64. The first kappa shape index (κ1) is 19.6. The number of benzene rings is 1. The highest BCUT2D eigenvalue weighted by molar-refractivity contribution is 6.33. The number of hydrogen-bond acceptors (Lipinski definition) is 5. The molecule has 5 nitrogen and oxygen atoms in total. The molecule has 150 valence electrons. The second-order valence-electron chi connectivity index (χ2n) is 8.04. The third-order valence-electron chi connectivity index (χ3n) is 6.51. The zero-order valence-electron chi connectivity index (χ0n) is 16.1. The van der Waals surface area contributed by atoms with Gasteiger partial charge in [-0.15, -0.1) is 0 Å². The fraction of sp³-hybridized carbons (Fsp3) is 0.524. The molecule has 1 aromatic heterocycles. The van der Waals surface area contributed by atoms with Crippen LogP contribution >= 0.6 is 11.6 Å². The van der Waals surface area contributed by atoms with Gasteiger partial charge in [0.15, 0.2) is 5.82 Å². The lowest BCUT2D eigenvalue weighted by atomic mass is 9.74. The first-order chi connectivity index (χ1) is 13.4. The van der Waals surface area contributed by atoms with E-state index < -0.39 is 5.82 Å². The predicted octanol–water partition coefficient (Wildman–Crippen LogP) is 3.83. The van der Waals surface area contributed by atoms with Gasteiger partial charge >= 0.3 is 0 Å². The molecule has 1 atom stereocenters. The molecule has 0 radical (unpaired) electrons. The minimum atomic E-state index is -0.496. The maximum atomic E-state index is 13.9. The minimum Gasteiger partial charge on any atom is -0.390 e. The Morgan fingerprint density at radius 2 is 2.04 bits per heavy atom. The summed E-state index contributed by atoms with van der Waals surface area (Å²) in [6.07, 6.45) is 5.61. The van der Waals surface area contributed by atoms with Gasteiger partial charge < -0.3 is 15.7 Å². The van der Waals surface area contributed by atoms with Crippen molar-refractivity contribution in [2.24, 2.45) is 11.1 Å². The Morgan fingerprint density at radius 3 is 2.68 bits per heavy atom. The summed E-state index contributed by atoms with van der Waals surface area (Å²) < 4.78 is 13.9.